The molecule has 0 bridgehead atoms. The molecule has 152 valence electrons. The number of nitrogens with zero attached hydrogens (tertiary/aromatic N) is 1. The average molecular weight is 403 g/mol. The zero-order valence-corrected chi connectivity index (χ0v) is 16.6. The maximum Gasteiger partial charge on any atom is 0.227 e. The lowest BCUT2D eigenvalue weighted by Gasteiger charge is -2.26. The van der Waals surface area contributed by atoms with E-state index in [9.17, 15) is 9.18 Å². The van der Waals surface area contributed by atoms with Crippen molar-refractivity contribution in [3.05, 3.63) is 83.7 Å². The average Bonchev–Trinajstić information content (AvgIpc) is 3.17. The highest BCUT2D eigenvalue weighted by Crippen LogP contribution is 2.39. The topological polar surface area (TPSA) is 65.4 Å². The van der Waals surface area contributed by atoms with Crippen LogP contribution in [0.3, 0.4) is 0 Å². The van der Waals surface area contributed by atoms with Crippen molar-refractivity contribution in [3.63, 3.8) is 0 Å². The Balaban J connectivity index is 1.65. The van der Waals surface area contributed by atoms with Gasteiger partial charge in [0.1, 0.15) is 11.6 Å². The number of carbonyl (C=O) groups is 1. The minimum atomic E-state index is -0.306. The summed E-state index contributed by atoms with van der Waals surface area (Å²) in [5, 5.41) is 11.0. The van der Waals surface area contributed by atoms with E-state index in [0.29, 0.717) is 17.7 Å². The first kappa shape index (κ1) is 19.6. The molecule has 1 heterocycles. The predicted octanol–water partition coefficient (Wildman–Crippen LogP) is 5.44. The molecule has 0 aromatic heterocycles. The summed E-state index contributed by atoms with van der Waals surface area (Å²) in [6.07, 6.45) is 2.44. The van der Waals surface area contributed by atoms with Gasteiger partial charge in [-0.25, -0.2) is 4.39 Å². The van der Waals surface area contributed by atoms with Crippen molar-refractivity contribution in [1.29, 1.82) is 5.41 Å². The van der Waals surface area contributed by atoms with Crippen molar-refractivity contribution in [2.24, 2.45) is 0 Å². The van der Waals surface area contributed by atoms with E-state index in [-0.39, 0.29) is 17.8 Å². The number of nitrogens with one attached hydrogen (secondary N) is 2. The first-order valence-corrected chi connectivity index (χ1v) is 9.72. The summed E-state index contributed by atoms with van der Waals surface area (Å²) >= 11 is 0. The number of halogens is 1. The van der Waals surface area contributed by atoms with E-state index in [2.05, 4.69) is 5.32 Å². The van der Waals surface area contributed by atoms with Crippen molar-refractivity contribution >= 4 is 29.2 Å². The molecule has 0 radical (unpaired) electrons. The van der Waals surface area contributed by atoms with Crippen LogP contribution < -0.4 is 15.0 Å². The van der Waals surface area contributed by atoms with Gasteiger partial charge in [-0.15, -0.1) is 0 Å². The summed E-state index contributed by atoms with van der Waals surface area (Å²) in [5.41, 5.74) is 3.84. The minimum absolute atomic E-state index is 0.0537. The van der Waals surface area contributed by atoms with Gasteiger partial charge >= 0.3 is 0 Å². The van der Waals surface area contributed by atoms with Crippen LogP contribution in [0.25, 0.3) is 0 Å². The van der Waals surface area contributed by atoms with Crippen LogP contribution in [0.5, 0.6) is 5.75 Å². The second-order valence-corrected chi connectivity index (χ2v) is 7.14. The van der Waals surface area contributed by atoms with Gasteiger partial charge in [0, 0.05) is 35.3 Å². The normalized spacial score (nSPS) is 15.9. The highest BCUT2D eigenvalue weighted by molar-refractivity contribution is 5.98. The van der Waals surface area contributed by atoms with Crippen LogP contribution in [-0.4, -0.2) is 19.2 Å². The van der Waals surface area contributed by atoms with E-state index in [1.807, 2.05) is 42.5 Å². The molecule has 3 aromatic carbocycles. The summed E-state index contributed by atoms with van der Waals surface area (Å²) in [4.78, 5) is 14.5. The van der Waals surface area contributed by atoms with Gasteiger partial charge in [0.25, 0.3) is 0 Å². The Morgan fingerprint density at radius 3 is 2.67 bits per heavy atom. The summed E-state index contributed by atoms with van der Waals surface area (Å²) in [7, 11) is 1.62. The molecule has 1 atom stereocenters. The standard InChI is InChI=1S/C24H22FN3O2/c1-30-21-4-2-3-16(14-21)23-11-12-24(29)28(23)20-9-10-22(17(13-20)15-26)27-19-7-5-18(25)6-8-19/h2-10,13-15,23,26-27H,11-12H2,1H3. The number of methoxy groups -OCH3 is 1. The molecule has 0 saturated carbocycles. The lowest BCUT2D eigenvalue weighted by molar-refractivity contribution is -0.117. The lowest BCUT2D eigenvalue weighted by atomic mass is 10.0. The van der Waals surface area contributed by atoms with E-state index < -0.39 is 0 Å². The number of hydrogen-bond donors (Lipinski definition) is 2. The van der Waals surface area contributed by atoms with Gasteiger partial charge in [0.15, 0.2) is 0 Å². The molecule has 0 spiro atoms. The highest BCUT2D eigenvalue weighted by Gasteiger charge is 2.33. The van der Waals surface area contributed by atoms with Gasteiger partial charge in [-0.1, -0.05) is 12.1 Å². The first-order valence-electron chi connectivity index (χ1n) is 9.72. The Labute approximate surface area is 174 Å². The molecule has 1 fully saturated rings. The third kappa shape index (κ3) is 3.89. The second kappa shape index (κ2) is 8.37. The highest BCUT2D eigenvalue weighted by atomic mass is 19.1. The Kier molecular flexibility index (Phi) is 5.48. The summed E-state index contributed by atoms with van der Waals surface area (Å²) in [6.45, 7) is 0. The van der Waals surface area contributed by atoms with Crippen LogP contribution in [0.1, 0.15) is 30.0 Å². The largest absolute Gasteiger partial charge is 0.497 e. The minimum Gasteiger partial charge on any atom is -0.497 e. The molecule has 6 heteroatoms. The Morgan fingerprint density at radius 1 is 1.13 bits per heavy atom. The Hall–Kier alpha value is -3.67. The van der Waals surface area contributed by atoms with Crippen LogP contribution in [0.4, 0.5) is 21.5 Å². The number of rotatable bonds is 6. The predicted molar refractivity (Wildman–Crippen MR) is 116 cm³/mol. The zero-order chi connectivity index (χ0) is 21.1. The molecular formula is C24H22FN3O2. The van der Waals surface area contributed by atoms with E-state index in [4.69, 9.17) is 10.1 Å². The zero-order valence-electron chi connectivity index (χ0n) is 16.6. The molecule has 30 heavy (non-hydrogen) atoms. The van der Waals surface area contributed by atoms with Gasteiger partial charge < -0.3 is 20.4 Å². The molecule has 5 nitrogen and oxygen atoms in total. The van der Waals surface area contributed by atoms with Gasteiger partial charge in [-0.2, -0.15) is 0 Å². The van der Waals surface area contributed by atoms with Crippen molar-refractivity contribution < 1.29 is 13.9 Å². The Bertz CT molecular complexity index is 1080. The maximum absolute atomic E-state index is 13.1. The van der Waals surface area contributed by atoms with Crippen LogP contribution in [0.15, 0.2) is 66.7 Å². The number of hydrogen-bond acceptors (Lipinski definition) is 4. The molecule has 2 N–H and O–H groups in total. The molecule has 0 aliphatic carbocycles. The third-order valence-electron chi connectivity index (χ3n) is 5.28. The number of ether oxygens (including phenoxy) is 1. The molecule has 1 amide bonds. The first-order chi connectivity index (χ1) is 14.6. The van der Waals surface area contributed by atoms with Crippen LogP contribution in [0.2, 0.25) is 0 Å². The number of anilines is 3. The maximum atomic E-state index is 13.1. The number of carbonyl (C=O) groups excluding carboxylic acids is 1. The van der Waals surface area contributed by atoms with Crippen molar-refractivity contribution in [3.8, 4) is 5.75 Å². The summed E-state index contributed by atoms with van der Waals surface area (Å²) in [6, 6.07) is 19.3. The van der Waals surface area contributed by atoms with Crippen molar-refractivity contribution in [2.45, 2.75) is 18.9 Å². The molecule has 1 aliphatic heterocycles. The van der Waals surface area contributed by atoms with E-state index in [1.54, 1.807) is 24.1 Å². The molecule has 1 aliphatic rings. The fraction of sp³-hybridized carbons (Fsp3) is 0.167. The Morgan fingerprint density at radius 2 is 1.93 bits per heavy atom. The van der Waals surface area contributed by atoms with E-state index in [1.165, 1.54) is 18.3 Å². The van der Waals surface area contributed by atoms with Gasteiger partial charge in [0.2, 0.25) is 5.91 Å². The lowest BCUT2D eigenvalue weighted by Crippen LogP contribution is -2.27. The summed E-state index contributed by atoms with van der Waals surface area (Å²) in [5.74, 6) is 0.503. The summed E-state index contributed by atoms with van der Waals surface area (Å²) < 4.78 is 18.5. The molecule has 4 rings (SSSR count). The van der Waals surface area contributed by atoms with Crippen molar-refractivity contribution in [2.75, 3.05) is 17.3 Å². The number of benzene rings is 3. The molecule has 1 saturated heterocycles. The molecule has 3 aromatic rings. The quantitative estimate of drug-likeness (QED) is 0.539. The monoisotopic (exact) mass is 403 g/mol. The van der Waals surface area contributed by atoms with Gasteiger partial charge in [-0.05, 0) is 66.6 Å². The van der Waals surface area contributed by atoms with Crippen LogP contribution >= 0.6 is 0 Å². The number of amides is 1. The van der Waals surface area contributed by atoms with Gasteiger partial charge in [0.05, 0.1) is 13.2 Å². The fourth-order valence-electron chi connectivity index (χ4n) is 3.79. The van der Waals surface area contributed by atoms with Crippen LogP contribution in [-0.2, 0) is 4.79 Å². The second-order valence-electron chi connectivity index (χ2n) is 7.14. The fourth-order valence-corrected chi connectivity index (χ4v) is 3.79. The smallest absolute Gasteiger partial charge is 0.227 e. The van der Waals surface area contributed by atoms with Crippen molar-refractivity contribution in [1.82, 2.24) is 0 Å². The SMILES string of the molecule is COc1cccc(C2CCC(=O)N2c2ccc(Nc3ccc(F)cc3)c(C=N)c2)c1. The van der Waals surface area contributed by atoms with Gasteiger partial charge in [-0.3, -0.25) is 4.79 Å². The third-order valence-corrected chi connectivity index (χ3v) is 5.28. The van der Waals surface area contributed by atoms with E-state index >= 15 is 0 Å². The van der Waals surface area contributed by atoms with Crippen LogP contribution in [0, 0.1) is 11.2 Å². The molecule has 1 unspecified atom stereocenters. The molecular weight excluding hydrogens is 381 g/mol. The van der Waals surface area contributed by atoms with E-state index in [0.717, 1.165) is 29.1 Å².